The zero-order chi connectivity index (χ0) is 20.8. The highest BCUT2D eigenvalue weighted by atomic mass is 79.9. The number of aromatic nitrogens is 3. The van der Waals surface area contributed by atoms with Gasteiger partial charge in [0.2, 0.25) is 0 Å². The van der Waals surface area contributed by atoms with Crippen LogP contribution in [0.4, 0.5) is 0 Å². The highest BCUT2D eigenvalue weighted by molar-refractivity contribution is 9.10. The molecule has 1 heterocycles. The summed E-state index contributed by atoms with van der Waals surface area (Å²) < 4.78 is 7.97. The van der Waals surface area contributed by atoms with Gasteiger partial charge in [0, 0.05) is 17.1 Å². The van der Waals surface area contributed by atoms with Crippen LogP contribution < -0.4 is 10.2 Å². The fourth-order valence-corrected chi connectivity index (χ4v) is 3.63. The predicted octanol–water partition coefficient (Wildman–Crippen LogP) is 3.89. The summed E-state index contributed by atoms with van der Waals surface area (Å²) in [5.74, 6) is 1.48. The van der Waals surface area contributed by atoms with Crippen LogP contribution >= 0.6 is 27.7 Å². The van der Waals surface area contributed by atoms with Crippen molar-refractivity contribution in [3.05, 3.63) is 58.6 Å². The Morgan fingerprint density at radius 3 is 2.69 bits per heavy atom. The van der Waals surface area contributed by atoms with E-state index in [9.17, 15) is 4.79 Å². The van der Waals surface area contributed by atoms with Gasteiger partial charge in [-0.15, -0.1) is 10.2 Å². The largest absolute Gasteiger partial charge is 0.497 e. The zero-order valence-corrected chi connectivity index (χ0v) is 18.6. The van der Waals surface area contributed by atoms with Crippen molar-refractivity contribution in [2.24, 2.45) is 12.1 Å². The van der Waals surface area contributed by atoms with Gasteiger partial charge in [0.05, 0.1) is 18.6 Å². The van der Waals surface area contributed by atoms with Gasteiger partial charge >= 0.3 is 0 Å². The van der Waals surface area contributed by atoms with Gasteiger partial charge in [-0.2, -0.15) is 5.10 Å². The molecule has 7 nitrogen and oxygen atoms in total. The van der Waals surface area contributed by atoms with E-state index in [1.165, 1.54) is 11.8 Å². The highest BCUT2D eigenvalue weighted by Crippen LogP contribution is 2.24. The molecule has 0 bridgehead atoms. The Hall–Kier alpha value is -2.65. The smallest absolute Gasteiger partial charge is 0.250 e. The number of hydrogen-bond acceptors (Lipinski definition) is 6. The average molecular weight is 474 g/mol. The monoisotopic (exact) mass is 473 g/mol. The summed E-state index contributed by atoms with van der Waals surface area (Å²) in [6.45, 7) is 1.84. The molecule has 1 aromatic heterocycles. The summed E-state index contributed by atoms with van der Waals surface area (Å²) in [4.78, 5) is 12.2. The number of thioether (sulfide) groups is 1. The first-order valence-corrected chi connectivity index (χ1v) is 10.5. The van der Waals surface area contributed by atoms with Crippen LogP contribution in [-0.4, -0.2) is 39.2 Å². The third-order valence-corrected chi connectivity index (χ3v) is 5.62. The standard InChI is InChI=1S/C20H20BrN5O2S/c1-13(14-7-9-17(28-3)10-8-14)22-23-18(27)12-29-20-25-24-19(26(20)2)15-5-4-6-16(21)11-15/h4-11H,12H2,1-3H3,(H,23,27). The van der Waals surface area contributed by atoms with Gasteiger partial charge in [0.15, 0.2) is 11.0 Å². The van der Waals surface area contributed by atoms with Gasteiger partial charge in [0.25, 0.3) is 5.91 Å². The topological polar surface area (TPSA) is 81.4 Å². The molecule has 1 amide bonds. The second kappa shape index (κ2) is 9.71. The van der Waals surface area contributed by atoms with Crippen LogP contribution in [0.25, 0.3) is 11.4 Å². The molecule has 0 fully saturated rings. The number of amides is 1. The van der Waals surface area contributed by atoms with Crippen LogP contribution in [0.5, 0.6) is 5.75 Å². The van der Waals surface area contributed by atoms with Crippen LogP contribution in [-0.2, 0) is 11.8 Å². The number of methoxy groups -OCH3 is 1. The number of rotatable bonds is 7. The molecule has 0 aliphatic rings. The van der Waals surface area contributed by atoms with Crippen molar-refractivity contribution in [2.75, 3.05) is 12.9 Å². The Kier molecular flexibility index (Phi) is 7.05. The quantitative estimate of drug-likeness (QED) is 0.319. The molecule has 3 rings (SSSR count). The lowest BCUT2D eigenvalue weighted by molar-refractivity contribution is -0.118. The van der Waals surface area contributed by atoms with Gasteiger partial charge in [-0.05, 0) is 48.9 Å². The fraction of sp³-hybridized carbons (Fsp3) is 0.200. The Labute approximate surface area is 181 Å². The summed E-state index contributed by atoms with van der Waals surface area (Å²) in [7, 11) is 3.50. The lowest BCUT2D eigenvalue weighted by Gasteiger charge is -2.05. The maximum atomic E-state index is 12.2. The van der Waals surface area contributed by atoms with Gasteiger partial charge in [-0.25, -0.2) is 5.43 Å². The minimum absolute atomic E-state index is 0.184. The molecule has 2 aromatic carbocycles. The predicted molar refractivity (Wildman–Crippen MR) is 118 cm³/mol. The second-order valence-corrected chi connectivity index (χ2v) is 7.98. The van der Waals surface area contributed by atoms with Gasteiger partial charge in [-0.3, -0.25) is 4.79 Å². The molecule has 0 spiro atoms. The number of ether oxygens (including phenoxy) is 1. The number of halogens is 1. The van der Waals surface area contributed by atoms with E-state index in [1.807, 2.05) is 67.1 Å². The average Bonchev–Trinajstić information content (AvgIpc) is 3.11. The Morgan fingerprint density at radius 2 is 2.00 bits per heavy atom. The van der Waals surface area contributed by atoms with Gasteiger partial charge in [0.1, 0.15) is 5.75 Å². The van der Waals surface area contributed by atoms with E-state index in [-0.39, 0.29) is 11.7 Å². The first-order chi connectivity index (χ1) is 14.0. The first-order valence-electron chi connectivity index (χ1n) is 8.73. The fourth-order valence-electron chi connectivity index (χ4n) is 2.52. The number of nitrogens with one attached hydrogen (secondary N) is 1. The third-order valence-electron chi connectivity index (χ3n) is 4.11. The molecule has 29 heavy (non-hydrogen) atoms. The van der Waals surface area contributed by atoms with Crippen LogP contribution in [0.15, 0.2) is 63.3 Å². The lowest BCUT2D eigenvalue weighted by atomic mass is 10.1. The lowest BCUT2D eigenvalue weighted by Crippen LogP contribution is -2.21. The van der Waals surface area contributed by atoms with Crippen LogP contribution in [0.3, 0.4) is 0 Å². The van der Waals surface area contributed by atoms with E-state index in [2.05, 4.69) is 36.7 Å². The Bertz CT molecular complexity index is 1030. The van der Waals surface area contributed by atoms with Gasteiger partial charge < -0.3 is 9.30 Å². The van der Waals surface area contributed by atoms with Crippen LogP contribution in [0, 0.1) is 0 Å². The van der Waals surface area contributed by atoms with Crippen LogP contribution in [0.2, 0.25) is 0 Å². The van der Waals surface area contributed by atoms with Crippen molar-refractivity contribution >= 4 is 39.3 Å². The van der Waals surface area contributed by atoms with E-state index in [0.717, 1.165) is 27.2 Å². The van der Waals surface area contributed by atoms with Crippen molar-refractivity contribution in [3.8, 4) is 17.1 Å². The third kappa shape index (κ3) is 5.45. The molecule has 0 unspecified atom stereocenters. The summed E-state index contributed by atoms with van der Waals surface area (Å²) in [5, 5.41) is 13.2. The van der Waals surface area contributed by atoms with E-state index >= 15 is 0 Å². The molecule has 0 radical (unpaired) electrons. The molecule has 0 atom stereocenters. The minimum atomic E-state index is -0.213. The molecule has 0 aliphatic carbocycles. The Morgan fingerprint density at radius 1 is 1.24 bits per heavy atom. The molecule has 1 N–H and O–H groups in total. The normalized spacial score (nSPS) is 11.4. The summed E-state index contributed by atoms with van der Waals surface area (Å²) in [6, 6.07) is 15.3. The minimum Gasteiger partial charge on any atom is -0.497 e. The molecular weight excluding hydrogens is 454 g/mol. The number of hydrazone groups is 1. The SMILES string of the molecule is COc1ccc(C(C)=NNC(=O)CSc2nnc(-c3cccc(Br)c3)n2C)cc1. The molecule has 150 valence electrons. The molecule has 0 saturated heterocycles. The van der Waals surface area contributed by atoms with Crippen LogP contribution in [0.1, 0.15) is 12.5 Å². The molecular formula is C20H20BrN5O2S. The van der Waals surface area contributed by atoms with Crippen molar-refractivity contribution in [2.45, 2.75) is 12.1 Å². The maximum Gasteiger partial charge on any atom is 0.250 e. The van der Waals surface area contributed by atoms with Crippen molar-refractivity contribution in [1.82, 2.24) is 20.2 Å². The molecule has 0 saturated carbocycles. The van der Waals surface area contributed by atoms with Crippen molar-refractivity contribution in [1.29, 1.82) is 0 Å². The molecule has 0 aliphatic heterocycles. The Balaban J connectivity index is 1.58. The molecule has 3 aromatic rings. The van der Waals surface area contributed by atoms with Crippen molar-refractivity contribution < 1.29 is 9.53 Å². The maximum absolute atomic E-state index is 12.2. The van der Waals surface area contributed by atoms with E-state index in [4.69, 9.17) is 4.74 Å². The van der Waals surface area contributed by atoms with E-state index in [1.54, 1.807) is 7.11 Å². The van der Waals surface area contributed by atoms with Gasteiger partial charge in [-0.1, -0.05) is 39.8 Å². The summed E-state index contributed by atoms with van der Waals surface area (Å²) in [6.07, 6.45) is 0. The number of benzene rings is 2. The van der Waals surface area contributed by atoms with E-state index in [0.29, 0.717) is 10.9 Å². The van der Waals surface area contributed by atoms with Crippen molar-refractivity contribution in [3.63, 3.8) is 0 Å². The first kappa shape index (κ1) is 21.1. The second-order valence-electron chi connectivity index (χ2n) is 6.12. The summed E-state index contributed by atoms with van der Waals surface area (Å²) in [5.41, 5.74) is 5.15. The number of nitrogens with zero attached hydrogens (tertiary/aromatic N) is 4. The number of carbonyl (C=O) groups excluding carboxylic acids is 1. The number of carbonyl (C=O) groups is 1. The molecule has 9 heteroatoms. The van der Waals surface area contributed by atoms with E-state index < -0.39 is 0 Å². The number of hydrogen-bond donors (Lipinski definition) is 1. The highest BCUT2D eigenvalue weighted by Gasteiger charge is 2.13. The summed E-state index contributed by atoms with van der Waals surface area (Å²) >= 11 is 4.77. The zero-order valence-electron chi connectivity index (χ0n) is 16.2.